The number of hydrogen-bond donors (Lipinski definition) is 1. The van der Waals surface area contributed by atoms with E-state index in [4.69, 9.17) is 11.6 Å². The van der Waals surface area contributed by atoms with Crippen LogP contribution in [0.15, 0.2) is 12.1 Å². The van der Waals surface area contributed by atoms with Gasteiger partial charge in [0.25, 0.3) is 0 Å². The van der Waals surface area contributed by atoms with Gasteiger partial charge in [0, 0.05) is 11.4 Å². The lowest BCUT2D eigenvalue weighted by Gasteiger charge is -2.19. The molecular weight excluding hydrogens is 250 g/mol. The standard InChI is InChI=1S/C14H22ClNS/c15-14-9-8-13(17-14)11-16-10-12-6-4-2-1-3-5-7-12/h8-9,12,16H,1-7,10-11H2. The van der Waals surface area contributed by atoms with E-state index in [-0.39, 0.29) is 0 Å². The fraction of sp³-hybridized carbons (Fsp3) is 0.714. The van der Waals surface area contributed by atoms with Crippen molar-refractivity contribution in [2.24, 2.45) is 5.92 Å². The predicted molar refractivity (Wildman–Crippen MR) is 76.8 cm³/mol. The van der Waals surface area contributed by atoms with Crippen molar-refractivity contribution in [2.75, 3.05) is 6.54 Å². The van der Waals surface area contributed by atoms with Crippen LogP contribution >= 0.6 is 22.9 Å². The Hall–Kier alpha value is -0.0500. The molecule has 1 aliphatic rings. The second-order valence-electron chi connectivity index (χ2n) is 5.05. The Bertz CT molecular complexity index is 316. The van der Waals surface area contributed by atoms with Gasteiger partial charge < -0.3 is 5.32 Å². The molecule has 96 valence electrons. The maximum Gasteiger partial charge on any atom is 0.0931 e. The minimum Gasteiger partial charge on any atom is -0.312 e. The minimum absolute atomic E-state index is 0.894. The zero-order valence-electron chi connectivity index (χ0n) is 10.4. The van der Waals surface area contributed by atoms with E-state index in [1.165, 1.54) is 56.4 Å². The Kier molecular flexibility index (Phi) is 5.82. The van der Waals surface area contributed by atoms with Gasteiger partial charge in [0.2, 0.25) is 0 Å². The van der Waals surface area contributed by atoms with Crippen molar-refractivity contribution in [1.82, 2.24) is 5.32 Å². The molecule has 0 saturated heterocycles. The highest BCUT2D eigenvalue weighted by Crippen LogP contribution is 2.23. The zero-order chi connectivity index (χ0) is 11.9. The fourth-order valence-electron chi connectivity index (χ4n) is 2.59. The van der Waals surface area contributed by atoms with Crippen LogP contribution in [0, 0.1) is 5.92 Å². The smallest absolute Gasteiger partial charge is 0.0931 e. The Labute approximate surface area is 114 Å². The molecular formula is C14H22ClNS. The van der Waals surface area contributed by atoms with Gasteiger partial charge in [0.1, 0.15) is 0 Å². The molecule has 0 unspecified atom stereocenters. The van der Waals surface area contributed by atoms with Crippen LogP contribution in [0.5, 0.6) is 0 Å². The summed E-state index contributed by atoms with van der Waals surface area (Å²) in [4.78, 5) is 1.35. The lowest BCUT2D eigenvalue weighted by atomic mass is 9.91. The van der Waals surface area contributed by atoms with E-state index < -0.39 is 0 Å². The van der Waals surface area contributed by atoms with Gasteiger partial charge >= 0.3 is 0 Å². The lowest BCUT2D eigenvalue weighted by molar-refractivity contribution is 0.361. The molecule has 0 atom stereocenters. The monoisotopic (exact) mass is 271 g/mol. The summed E-state index contributed by atoms with van der Waals surface area (Å²) in [5.41, 5.74) is 0. The van der Waals surface area contributed by atoms with Crippen LogP contribution in [0.1, 0.15) is 49.8 Å². The summed E-state index contributed by atoms with van der Waals surface area (Å²) >= 11 is 7.60. The van der Waals surface area contributed by atoms with Crippen molar-refractivity contribution in [3.05, 3.63) is 21.3 Å². The third-order valence-corrected chi connectivity index (χ3v) is 4.82. The summed E-state index contributed by atoms with van der Waals surface area (Å²) in [7, 11) is 0. The second kappa shape index (κ2) is 7.40. The van der Waals surface area contributed by atoms with Gasteiger partial charge in [0.05, 0.1) is 4.34 Å². The number of hydrogen-bond acceptors (Lipinski definition) is 2. The van der Waals surface area contributed by atoms with Gasteiger partial charge in [-0.2, -0.15) is 0 Å². The predicted octanol–water partition coefficient (Wildman–Crippen LogP) is 4.85. The van der Waals surface area contributed by atoms with Crippen LogP contribution in [-0.4, -0.2) is 6.54 Å². The molecule has 1 saturated carbocycles. The van der Waals surface area contributed by atoms with Crippen LogP contribution in [0.2, 0.25) is 4.34 Å². The first-order chi connectivity index (χ1) is 8.34. The van der Waals surface area contributed by atoms with E-state index in [0.29, 0.717) is 0 Å². The molecule has 1 aromatic heterocycles. The summed E-state index contributed by atoms with van der Waals surface area (Å²) in [6.45, 7) is 2.16. The fourth-order valence-corrected chi connectivity index (χ4v) is 3.65. The molecule has 0 spiro atoms. The van der Waals surface area contributed by atoms with Crippen molar-refractivity contribution < 1.29 is 0 Å². The van der Waals surface area contributed by atoms with E-state index in [0.717, 1.165) is 16.8 Å². The maximum atomic E-state index is 5.92. The van der Waals surface area contributed by atoms with Gasteiger partial charge in [-0.1, -0.05) is 43.7 Å². The van der Waals surface area contributed by atoms with Crippen molar-refractivity contribution >= 4 is 22.9 Å². The van der Waals surface area contributed by atoms with Crippen LogP contribution in [0.25, 0.3) is 0 Å². The SMILES string of the molecule is Clc1ccc(CNCC2CCCCCCC2)s1. The summed E-state index contributed by atoms with van der Waals surface area (Å²) in [5, 5.41) is 3.58. The minimum atomic E-state index is 0.894. The summed E-state index contributed by atoms with van der Waals surface area (Å²) in [6.07, 6.45) is 10.0. The number of halogens is 1. The molecule has 2 rings (SSSR count). The Morgan fingerprint density at radius 1 is 1.12 bits per heavy atom. The molecule has 0 aromatic carbocycles. The zero-order valence-corrected chi connectivity index (χ0v) is 12.0. The second-order valence-corrected chi connectivity index (χ2v) is 6.85. The van der Waals surface area contributed by atoms with Crippen LogP contribution < -0.4 is 5.32 Å². The molecule has 3 heteroatoms. The third-order valence-electron chi connectivity index (χ3n) is 3.59. The first-order valence-corrected chi connectivity index (χ1v) is 7.99. The largest absolute Gasteiger partial charge is 0.312 e. The molecule has 1 nitrogen and oxygen atoms in total. The molecule has 17 heavy (non-hydrogen) atoms. The maximum absolute atomic E-state index is 5.92. The van der Waals surface area contributed by atoms with Gasteiger partial charge in [-0.15, -0.1) is 11.3 Å². The first kappa shape index (κ1) is 13.4. The summed E-state index contributed by atoms with van der Waals surface area (Å²) in [5.74, 6) is 0.894. The molecule has 0 aliphatic heterocycles. The van der Waals surface area contributed by atoms with Crippen molar-refractivity contribution in [3.63, 3.8) is 0 Å². The third kappa shape index (κ3) is 4.99. The van der Waals surface area contributed by atoms with E-state index in [1.807, 2.05) is 6.07 Å². The average molecular weight is 272 g/mol. The van der Waals surface area contributed by atoms with E-state index in [1.54, 1.807) is 11.3 Å². The van der Waals surface area contributed by atoms with E-state index in [9.17, 15) is 0 Å². The normalized spacial score (nSPS) is 18.9. The molecule has 1 heterocycles. The molecule has 0 radical (unpaired) electrons. The Morgan fingerprint density at radius 2 is 1.82 bits per heavy atom. The molecule has 0 amide bonds. The van der Waals surface area contributed by atoms with Gasteiger partial charge in [0.15, 0.2) is 0 Å². The van der Waals surface area contributed by atoms with Gasteiger partial charge in [-0.25, -0.2) is 0 Å². The first-order valence-electron chi connectivity index (χ1n) is 6.79. The molecule has 1 aliphatic carbocycles. The van der Waals surface area contributed by atoms with E-state index in [2.05, 4.69) is 11.4 Å². The average Bonchev–Trinajstić information content (AvgIpc) is 2.67. The van der Waals surface area contributed by atoms with Crippen LogP contribution in [0.3, 0.4) is 0 Å². The summed E-state index contributed by atoms with van der Waals surface area (Å²) < 4.78 is 0.896. The topological polar surface area (TPSA) is 12.0 Å². The highest BCUT2D eigenvalue weighted by Gasteiger charge is 2.10. The highest BCUT2D eigenvalue weighted by molar-refractivity contribution is 7.16. The van der Waals surface area contributed by atoms with Gasteiger partial charge in [-0.3, -0.25) is 0 Å². The Balaban J connectivity index is 1.66. The van der Waals surface area contributed by atoms with E-state index >= 15 is 0 Å². The molecule has 1 aromatic rings. The van der Waals surface area contributed by atoms with Gasteiger partial charge in [-0.05, 0) is 37.4 Å². The summed E-state index contributed by atoms with van der Waals surface area (Å²) in [6, 6.07) is 4.11. The van der Waals surface area contributed by atoms with Crippen molar-refractivity contribution in [2.45, 2.75) is 51.5 Å². The lowest BCUT2D eigenvalue weighted by Crippen LogP contribution is -2.22. The molecule has 1 fully saturated rings. The van der Waals surface area contributed by atoms with Crippen molar-refractivity contribution in [3.8, 4) is 0 Å². The number of nitrogens with one attached hydrogen (secondary N) is 1. The number of rotatable bonds is 4. The highest BCUT2D eigenvalue weighted by atomic mass is 35.5. The van der Waals surface area contributed by atoms with Crippen LogP contribution in [-0.2, 0) is 6.54 Å². The molecule has 0 bridgehead atoms. The molecule has 1 N–H and O–H groups in total. The van der Waals surface area contributed by atoms with Crippen molar-refractivity contribution in [1.29, 1.82) is 0 Å². The Morgan fingerprint density at radius 3 is 2.47 bits per heavy atom. The quantitative estimate of drug-likeness (QED) is 0.825. The van der Waals surface area contributed by atoms with Crippen LogP contribution in [0.4, 0.5) is 0 Å². The number of thiophene rings is 1.